The van der Waals surface area contributed by atoms with Gasteiger partial charge in [-0.25, -0.2) is 0 Å². The second kappa shape index (κ2) is 4.20. The molecule has 2 rings (SSSR count). The molecule has 0 atom stereocenters. The van der Waals surface area contributed by atoms with Gasteiger partial charge in [0.25, 0.3) is 0 Å². The van der Waals surface area contributed by atoms with Crippen LogP contribution in [0.2, 0.25) is 5.02 Å². The second-order valence-corrected chi connectivity index (χ2v) is 4.03. The standard InChI is InChI=1S/C11H14ClNO/c1-13-8-6-9(7-8)14-11-5-3-2-4-10(11)12/h2-5,8-9,13H,6-7H2,1H3. The van der Waals surface area contributed by atoms with Gasteiger partial charge in [-0.15, -0.1) is 0 Å². The van der Waals surface area contributed by atoms with Crippen LogP contribution in [0.25, 0.3) is 0 Å². The van der Waals surface area contributed by atoms with E-state index in [1.54, 1.807) is 0 Å². The molecule has 1 aromatic rings. The van der Waals surface area contributed by atoms with Gasteiger partial charge in [0, 0.05) is 6.04 Å². The zero-order valence-electron chi connectivity index (χ0n) is 8.16. The highest BCUT2D eigenvalue weighted by Gasteiger charge is 2.29. The molecule has 14 heavy (non-hydrogen) atoms. The van der Waals surface area contributed by atoms with Crippen LogP contribution in [0, 0.1) is 0 Å². The number of ether oxygens (including phenoxy) is 1. The van der Waals surface area contributed by atoms with Crippen molar-refractivity contribution >= 4 is 11.6 Å². The summed E-state index contributed by atoms with van der Waals surface area (Å²) in [6.07, 6.45) is 2.47. The molecular formula is C11H14ClNO. The molecule has 0 heterocycles. The first-order valence-corrected chi connectivity index (χ1v) is 5.26. The first kappa shape index (κ1) is 9.81. The lowest BCUT2D eigenvalue weighted by Crippen LogP contribution is -2.45. The maximum atomic E-state index is 5.98. The van der Waals surface area contributed by atoms with Gasteiger partial charge in [0.15, 0.2) is 0 Å². The van der Waals surface area contributed by atoms with Crippen LogP contribution in [0.4, 0.5) is 0 Å². The maximum absolute atomic E-state index is 5.98. The number of benzene rings is 1. The molecule has 0 amide bonds. The Balaban J connectivity index is 1.90. The van der Waals surface area contributed by atoms with Gasteiger partial charge in [-0.05, 0) is 32.0 Å². The molecule has 1 aliphatic carbocycles. The number of para-hydroxylation sites is 1. The first-order chi connectivity index (χ1) is 6.79. The molecule has 1 fully saturated rings. The fraction of sp³-hybridized carbons (Fsp3) is 0.455. The van der Waals surface area contributed by atoms with Gasteiger partial charge in [0.05, 0.1) is 5.02 Å². The fourth-order valence-electron chi connectivity index (χ4n) is 1.62. The predicted octanol–water partition coefficient (Wildman–Crippen LogP) is 2.47. The lowest BCUT2D eigenvalue weighted by atomic mass is 9.89. The van der Waals surface area contributed by atoms with E-state index >= 15 is 0 Å². The Morgan fingerprint density at radius 2 is 2.07 bits per heavy atom. The minimum Gasteiger partial charge on any atom is -0.489 e. The minimum atomic E-state index is 0.326. The van der Waals surface area contributed by atoms with Gasteiger partial charge >= 0.3 is 0 Å². The van der Waals surface area contributed by atoms with Gasteiger partial charge in [-0.1, -0.05) is 23.7 Å². The topological polar surface area (TPSA) is 21.3 Å². The van der Waals surface area contributed by atoms with E-state index in [2.05, 4.69) is 5.32 Å². The number of halogens is 1. The highest BCUT2D eigenvalue weighted by atomic mass is 35.5. The minimum absolute atomic E-state index is 0.326. The van der Waals surface area contributed by atoms with Crippen LogP contribution in [0.3, 0.4) is 0 Å². The fourth-order valence-corrected chi connectivity index (χ4v) is 1.80. The first-order valence-electron chi connectivity index (χ1n) is 4.88. The highest BCUT2D eigenvalue weighted by molar-refractivity contribution is 6.32. The van der Waals surface area contributed by atoms with Gasteiger partial charge in [0.2, 0.25) is 0 Å². The van der Waals surface area contributed by atoms with E-state index in [4.69, 9.17) is 16.3 Å². The molecule has 1 aliphatic rings. The van der Waals surface area contributed by atoms with Crippen molar-refractivity contribution in [2.24, 2.45) is 0 Å². The molecule has 1 aromatic carbocycles. The Morgan fingerprint density at radius 1 is 1.36 bits per heavy atom. The van der Waals surface area contributed by atoms with Crippen LogP contribution in [-0.4, -0.2) is 19.2 Å². The Kier molecular flexibility index (Phi) is 2.94. The smallest absolute Gasteiger partial charge is 0.138 e. The molecule has 0 radical (unpaired) electrons. The zero-order chi connectivity index (χ0) is 9.97. The SMILES string of the molecule is CNC1CC(Oc2ccccc2Cl)C1. The number of nitrogens with one attached hydrogen (secondary N) is 1. The summed E-state index contributed by atoms with van der Waals surface area (Å²) in [7, 11) is 1.98. The molecule has 3 heteroatoms. The summed E-state index contributed by atoms with van der Waals surface area (Å²) in [6, 6.07) is 8.23. The molecular weight excluding hydrogens is 198 g/mol. The summed E-state index contributed by atoms with van der Waals surface area (Å²) < 4.78 is 5.74. The van der Waals surface area contributed by atoms with Crippen molar-refractivity contribution < 1.29 is 4.74 Å². The van der Waals surface area contributed by atoms with Crippen LogP contribution in [-0.2, 0) is 0 Å². The Labute approximate surface area is 89.2 Å². The van der Waals surface area contributed by atoms with Crippen LogP contribution in [0.15, 0.2) is 24.3 Å². The Morgan fingerprint density at radius 3 is 2.71 bits per heavy atom. The summed E-state index contributed by atoms with van der Waals surface area (Å²) in [5, 5.41) is 3.91. The quantitative estimate of drug-likeness (QED) is 0.830. The average Bonchev–Trinajstić information content (AvgIpc) is 2.13. The van der Waals surface area contributed by atoms with Crippen molar-refractivity contribution in [1.82, 2.24) is 5.32 Å². The van der Waals surface area contributed by atoms with Crippen LogP contribution in [0.5, 0.6) is 5.75 Å². The molecule has 2 nitrogen and oxygen atoms in total. The number of hydrogen-bond acceptors (Lipinski definition) is 2. The van der Waals surface area contributed by atoms with E-state index in [0.717, 1.165) is 18.6 Å². The van der Waals surface area contributed by atoms with E-state index in [9.17, 15) is 0 Å². The molecule has 0 unspecified atom stereocenters. The lowest BCUT2D eigenvalue weighted by Gasteiger charge is -2.35. The molecule has 1 N–H and O–H groups in total. The van der Waals surface area contributed by atoms with Crippen LogP contribution >= 0.6 is 11.6 Å². The largest absolute Gasteiger partial charge is 0.489 e. The summed E-state index contributed by atoms with van der Waals surface area (Å²) >= 11 is 5.98. The third-order valence-electron chi connectivity index (χ3n) is 2.63. The lowest BCUT2D eigenvalue weighted by molar-refractivity contribution is 0.0886. The van der Waals surface area contributed by atoms with Crippen LogP contribution in [0.1, 0.15) is 12.8 Å². The van der Waals surface area contributed by atoms with Crippen molar-refractivity contribution in [3.05, 3.63) is 29.3 Å². The number of hydrogen-bond donors (Lipinski definition) is 1. The monoisotopic (exact) mass is 211 g/mol. The molecule has 0 spiro atoms. The van der Waals surface area contributed by atoms with Crippen LogP contribution < -0.4 is 10.1 Å². The zero-order valence-corrected chi connectivity index (χ0v) is 8.92. The van der Waals surface area contributed by atoms with Crippen molar-refractivity contribution in [2.75, 3.05) is 7.05 Å². The second-order valence-electron chi connectivity index (χ2n) is 3.63. The highest BCUT2D eigenvalue weighted by Crippen LogP contribution is 2.30. The third-order valence-corrected chi connectivity index (χ3v) is 2.95. The van der Waals surface area contributed by atoms with Crippen molar-refractivity contribution in [2.45, 2.75) is 25.0 Å². The van der Waals surface area contributed by atoms with E-state index in [0.29, 0.717) is 17.2 Å². The normalized spacial score (nSPS) is 25.6. The molecule has 0 aliphatic heterocycles. The summed E-state index contributed by atoms with van der Waals surface area (Å²) in [6.45, 7) is 0. The molecule has 76 valence electrons. The van der Waals surface area contributed by atoms with Crippen molar-refractivity contribution in [3.63, 3.8) is 0 Å². The van der Waals surface area contributed by atoms with E-state index in [1.807, 2.05) is 31.3 Å². The molecule has 0 bridgehead atoms. The van der Waals surface area contributed by atoms with Gasteiger partial charge in [0.1, 0.15) is 11.9 Å². The van der Waals surface area contributed by atoms with E-state index in [1.165, 1.54) is 0 Å². The summed E-state index contributed by atoms with van der Waals surface area (Å²) in [4.78, 5) is 0. The molecule has 0 saturated heterocycles. The number of rotatable bonds is 3. The third kappa shape index (κ3) is 2.02. The predicted molar refractivity (Wildman–Crippen MR) is 57.9 cm³/mol. The summed E-state index contributed by atoms with van der Waals surface area (Å²) in [5.74, 6) is 0.800. The summed E-state index contributed by atoms with van der Waals surface area (Å²) in [5.41, 5.74) is 0. The van der Waals surface area contributed by atoms with Crippen molar-refractivity contribution in [3.8, 4) is 5.75 Å². The Bertz CT molecular complexity index is 310. The van der Waals surface area contributed by atoms with Gasteiger partial charge in [-0.2, -0.15) is 0 Å². The van der Waals surface area contributed by atoms with Gasteiger partial charge < -0.3 is 10.1 Å². The maximum Gasteiger partial charge on any atom is 0.138 e. The molecule has 1 saturated carbocycles. The van der Waals surface area contributed by atoms with Gasteiger partial charge in [-0.3, -0.25) is 0 Å². The van der Waals surface area contributed by atoms with E-state index < -0.39 is 0 Å². The van der Waals surface area contributed by atoms with E-state index in [-0.39, 0.29) is 0 Å². The Hall–Kier alpha value is -0.730. The average molecular weight is 212 g/mol. The molecule has 0 aromatic heterocycles. The van der Waals surface area contributed by atoms with Crippen molar-refractivity contribution in [1.29, 1.82) is 0 Å².